The quantitative estimate of drug-likeness (QED) is 0.472. The van der Waals surface area contributed by atoms with Gasteiger partial charge in [-0.15, -0.1) is 0 Å². The van der Waals surface area contributed by atoms with Gasteiger partial charge >= 0.3 is 5.97 Å². The molecule has 2 nitrogen and oxygen atoms in total. The van der Waals surface area contributed by atoms with E-state index in [0.717, 1.165) is 18.2 Å². The van der Waals surface area contributed by atoms with Gasteiger partial charge in [0, 0.05) is 11.8 Å². The molecule has 15 heavy (non-hydrogen) atoms. The molecule has 0 aliphatic heterocycles. The molecule has 3 heteroatoms. The van der Waals surface area contributed by atoms with E-state index < -0.39 is 0 Å². The molecule has 0 rings (SSSR count). The Morgan fingerprint density at radius 3 is 2.60 bits per heavy atom. The second kappa shape index (κ2) is 10.5. The number of unbranched alkanes of at least 4 members (excludes halogenated alkanes) is 1. The Bertz CT molecular complexity index is 160. The summed E-state index contributed by atoms with van der Waals surface area (Å²) in [5.41, 5.74) is 0. The number of esters is 1. The molecule has 0 saturated carbocycles. The monoisotopic (exact) mass is 278 g/mol. The molecular weight excluding hydrogens is 256 g/mol. The predicted molar refractivity (Wildman–Crippen MR) is 67.3 cm³/mol. The van der Waals surface area contributed by atoms with E-state index in [1.54, 1.807) is 0 Å². The van der Waals surface area contributed by atoms with Crippen LogP contribution in [0.15, 0.2) is 0 Å². The van der Waals surface area contributed by atoms with Gasteiger partial charge in [0.05, 0.1) is 6.61 Å². The zero-order chi connectivity index (χ0) is 11.5. The van der Waals surface area contributed by atoms with Gasteiger partial charge in [0.15, 0.2) is 0 Å². The first-order chi connectivity index (χ1) is 7.24. The van der Waals surface area contributed by atoms with Crippen LogP contribution in [0, 0.1) is 5.92 Å². The minimum Gasteiger partial charge on any atom is -0.465 e. The Morgan fingerprint density at radius 1 is 1.33 bits per heavy atom. The van der Waals surface area contributed by atoms with Crippen molar-refractivity contribution in [1.29, 1.82) is 0 Å². The van der Waals surface area contributed by atoms with Gasteiger partial charge in [-0.3, -0.25) is 4.79 Å². The molecule has 0 heterocycles. The average molecular weight is 279 g/mol. The van der Waals surface area contributed by atoms with Crippen LogP contribution in [0.4, 0.5) is 0 Å². The summed E-state index contributed by atoms with van der Waals surface area (Å²) in [6.45, 7) is 4.96. The second-order valence-corrected chi connectivity index (χ2v) is 4.69. The highest BCUT2D eigenvalue weighted by atomic mass is 79.9. The maximum absolute atomic E-state index is 11.3. The fourth-order valence-corrected chi connectivity index (χ4v) is 1.67. The maximum Gasteiger partial charge on any atom is 0.305 e. The highest BCUT2D eigenvalue weighted by molar-refractivity contribution is 9.09. The molecule has 0 radical (unpaired) electrons. The van der Waals surface area contributed by atoms with Crippen LogP contribution < -0.4 is 0 Å². The van der Waals surface area contributed by atoms with E-state index in [1.807, 2.05) is 0 Å². The van der Waals surface area contributed by atoms with Gasteiger partial charge in [-0.25, -0.2) is 0 Å². The van der Waals surface area contributed by atoms with Crippen molar-refractivity contribution >= 4 is 21.9 Å². The molecule has 0 aliphatic rings. The minimum atomic E-state index is -0.0515. The zero-order valence-electron chi connectivity index (χ0n) is 9.93. The molecule has 0 spiro atoms. The molecule has 0 bridgehead atoms. The lowest BCUT2D eigenvalue weighted by molar-refractivity contribution is -0.145. The summed E-state index contributed by atoms with van der Waals surface area (Å²) >= 11 is 3.30. The first kappa shape index (κ1) is 14.9. The topological polar surface area (TPSA) is 26.3 Å². The summed E-state index contributed by atoms with van der Waals surface area (Å²) in [7, 11) is 0. The van der Waals surface area contributed by atoms with Crippen LogP contribution in [-0.2, 0) is 9.53 Å². The van der Waals surface area contributed by atoms with Crippen molar-refractivity contribution in [2.75, 3.05) is 11.9 Å². The highest BCUT2D eigenvalue weighted by Crippen LogP contribution is 2.13. The highest BCUT2D eigenvalue weighted by Gasteiger charge is 2.09. The summed E-state index contributed by atoms with van der Waals surface area (Å²) < 4.78 is 5.23. The normalized spacial score (nSPS) is 12.5. The van der Waals surface area contributed by atoms with Gasteiger partial charge in [-0.2, -0.15) is 0 Å². The van der Waals surface area contributed by atoms with Crippen LogP contribution in [0.5, 0.6) is 0 Å². The van der Waals surface area contributed by atoms with Crippen LogP contribution in [0.1, 0.15) is 52.4 Å². The van der Waals surface area contributed by atoms with E-state index in [4.69, 9.17) is 4.74 Å². The number of carbonyl (C=O) groups is 1. The summed E-state index contributed by atoms with van der Waals surface area (Å²) in [4.78, 5) is 11.3. The number of carbonyl (C=O) groups excluding carboxylic acids is 1. The van der Waals surface area contributed by atoms with E-state index in [2.05, 4.69) is 29.8 Å². The predicted octanol–water partition coefficient (Wildman–Crippen LogP) is 3.92. The Balaban J connectivity index is 3.55. The van der Waals surface area contributed by atoms with Crippen LogP contribution in [0.25, 0.3) is 0 Å². The molecule has 0 fully saturated rings. The minimum absolute atomic E-state index is 0.0515. The third-order valence-corrected chi connectivity index (χ3v) is 3.10. The number of alkyl halides is 1. The number of hydrogen-bond donors (Lipinski definition) is 0. The third kappa shape index (κ3) is 8.91. The molecule has 0 saturated heterocycles. The molecule has 0 aliphatic carbocycles. The fraction of sp³-hybridized carbons (Fsp3) is 0.917. The number of ether oxygens (including phenoxy) is 1. The first-order valence-electron chi connectivity index (χ1n) is 5.96. The number of rotatable bonds is 9. The van der Waals surface area contributed by atoms with E-state index in [1.165, 1.54) is 19.3 Å². The molecule has 0 aromatic heterocycles. The van der Waals surface area contributed by atoms with Crippen molar-refractivity contribution in [3.63, 3.8) is 0 Å². The van der Waals surface area contributed by atoms with Crippen LogP contribution >= 0.6 is 15.9 Å². The van der Waals surface area contributed by atoms with Crippen molar-refractivity contribution in [1.82, 2.24) is 0 Å². The fourth-order valence-electron chi connectivity index (χ4n) is 1.39. The van der Waals surface area contributed by atoms with Gasteiger partial charge in [0.1, 0.15) is 0 Å². The first-order valence-corrected chi connectivity index (χ1v) is 7.08. The molecular formula is C12H23BrO2. The van der Waals surface area contributed by atoms with Crippen molar-refractivity contribution in [2.45, 2.75) is 52.4 Å². The van der Waals surface area contributed by atoms with Crippen molar-refractivity contribution < 1.29 is 9.53 Å². The molecule has 90 valence electrons. The SMILES string of the molecule is CCCCC(CC)COC(=O)CCCBr. The summed E-state index contributed by atoms with van der Waals surface area (Å²) in [5.74, 6) is 0.502. The van der Waals surface area contributed by atoms with E-state index in [-0.39, 0.29) is 5.97 Å². The molecule has 0 N–H and O–H groups in total. The maximum atomic E-state index is 11.3. The largest absolute Gasteiger partial charge is 0.465 e. The lowest BCUT2D eigenvalue weighted by Gasteiger charge is -2.14. The van der Waals surface area contributed by atoms with Crippen LogP contribution in [-0.4, -0.2) is 17.9 Å². The summed E-state index contributed by atoms with van der Waals surface area (Å²) in [6, 6.07) is 0. The summed E-state index contributed by atoms with van der Waals surface area (Å²) in [6.07, 6.45) is 6.13. The summed E-state index contributed by atoms with van der Waals surface area (Å²) in [5, 5.41) is 0.870. The second-order valence-electron chi connectivity index (χ2n) is 3.89. The third-order valence-electron chi connectivity index (χ3n) is 2.54. The average Bonchev–Trinajstić information content (AvgIpc) is 2.26. The molecule has 1 atom stereocenters. The Kier molecular flexibility index (Phi) is 10.4. The van der Waals surface area contributed by atoms with Crippen molar-refractivity contribution in [3.8, 4) is 0 Å². The lowest BCUT2D eigenvalue weighted by atomic mass is 10.0. The smallest absolute Gasteiger partial charge is 0.305 e. The molecule has 0 aromatic rings. The van der Waals surface area contributed by atoms with Gasteiger partial charge in [0.25, 0.3) is 0 Å². The lowest BCUT2D eigenvalue weighted by Crippen LogP contribution is -2.13. The van der Waals surface area contributed by atoms with Crippen molar-refractivity contribution in [2.24, 2.45) is 5.92 Å². The number of hydrogen-bond acceptors (Lipinski definition) is 2. The Morgan fingerprint density at radius 2 is 2.07 bits per heavy atom. The van der Waals surface area contributed by atoms with Gasteiger partial charge in [-0.1, -0.05) is 49.0 Å². The molecule has 0 amide bonds. The molecule has 1 unspecified atom stereocenters. The number of halogens is 1. The van der Waals surface area contributed by atoms with Gasteiger partial charge < -0.3 is 4.74 Å². The van der Waals surface area contributed by atoms with Gasteiger partial charge in [0.2, 0.25) is 0 Å². The van der Waals surface area contributed by atoms with Gasteiger partial charge in [-0.05, 0) is 18.8 Å². The Labute approximate surface area is 102 Å². The van der Waals surface area contributed by atoms with E-state index in [0.29, 0.717) is 18.9 Å². The van der Waals surface area contributed by atoms with E-state index in [9.17, 15) is 4.79 Å². The standard InChI is InChI=1S/C12H23BrO2/c1-3-5-7-11(4-2)10-15-12(14)8-6-9-13/h11H,3-10H2,1-2H3. The van der Waals surface area contributed by atoms with E-state index >= 15 is 0 Å². The Hall–Kier alpha value is -0.0500. The van der Waals surface area contributed by atoms with Crippen LogP contribution in [0.2, 0.25) is 0 Å². The van der Waals surface area contributed by atoms with Crippen LogP contribution in [0.3, 0.4) is 0 Å². The van der Waals surface area contributed by atoms with Crippen molar-refractivity contribution in [3.05, 3.63) is 0 Å². The molecule has 0 aromatic carbocycles. The zero-order valence-corrected chi connectivity index (χ0v) is 11.5.